The number of hydrogen-bond donors (Lipinski definition) is 1. The molecule has 0 aliphatic carbocycles. The number of fused-ring (bicyclic) bond motifs is 1. The SMILES string of the molecule is CCC(C)CN(C)C(=O)NCc1ccc2c(c1)OCCCO2. The minimum Gasteiger partial charge on any atom is -0.490 e. The molecule has 0 aromatic heterocycles. The Morgan fingerprint density at radius 1 is 1.32 bits per heavy atom. The molecule has 1 atom stereocenters. The van der Waals surface area contributed by atoms with Crippen molar-refractivity contribution in [2.75, 3.05) is 26.8 Å². The summed E-state index contributed by atoms with van der Waals surface area (Å²) in [5, 5.41) is 2.94. The Morgan fingerprint density at radius 2 is 2.05 bits per heavy atom. The molecule has 1 aliphatic rings. The van der Waals surface area contributed by atoms with Crippen LogP contribution in [0.1, 0.15) is 32.3 Å². The van der Waals surface area contributed by atoms with Gasteiger partial charge in [-0.05, 0) is 23.6 Å². The monoisotopic (exact) mass is 306 g/mol. The van der Waals surface area contributed by atoms with Crippen molar-refractivity contribution in [2.24, 2.45) is 5.92 Å². The third kappa shape index (κ3) is 4.55. The van der Waals surface area contributed by atoms with E-state index in [4.69, 9.17) is 9.47 Å². The first-order chi connectivity index (χ1) is 10.6. The van der Waals surface area contributed by atoms with Gasteiger partial charge in [0, 0.05) is 26.6 Å². The highest BCUT2D eigenvalue weighted by atomic mass is 16.5. The molecule has 2 amide bonds. The molecule has 5 nitrogen and oxygen atoms in total. The van der Waals surface area contributed by atoms with Crippen molar-refractivity contribution >= 4 is 6.03 Å². The van der Waals surface area contributed by atoms with Gasteiger partial charge in [0.25, 0.3) is 0 Å². The molecule has 0 saturated carbocycles. The maximum Gasteiger partial charge on any atom is 0.317 e. The maximum atomic E-state index is 12.1. The van der Waals surface area contributed by atoms with Crippen molar-refractivity contribution in [3.63, 3.8) is 0 Å². The molecule has 1 heterocycles. The Kier molecular flexibility index (Phi) is 5.92. The van der Waals surface area contributed by atoms with Crippen LogP contribution in [0.3, 0.4) is 0 Å². The largest absolute Gasteiger partial charge is 0.490 e. The number of rotatable bonds is 5. The van der Waals surface area contributed by atoms with Gasteiger partial charge in [-0.25, -0.2) is 4.79 Å². The Morgan fingerprint density at radius 3 is 2.77 bits per heavy atom. The van der Waals surface area contributed by atoms with E-state index < -0.39 is 0 Å². The van der Waals surface area contributed by atoms with Gasteiger partial charge in [0.2, 0.25) is 0 Å². The highest BCUT2D eigenvalue weighted by Gasteiger charge is 2.13. The van der Waals surface area contributed by atoms with Gasteiger partial charge in [0.1, 0.15) is 0 Å². The van der Waals surface area contributed by atoms with Gasteiger partial charge in [-0.2, -0.15) is 0 Å². The fourth-order valence-corrected chi connectivity index (χ4v) is 2.31. The number of amides is 2. The molecule has 1 unspecified atom stereocenters. The van der Waals surface area contributed by atoms with Crippen LogP contribution in [-0.4, -0.2) is 37.7 Å². The second-order valence-electron chi connectivity index (χ2n) is 5.88. The van der Waals surface area contributed by atoms with Crippen LogP contribution in [0.2, 0.25) is 0 Å². The minimum absolute atomic E-state index is 0.0487. The second-order valence-corrected chi connectivity index (χ2v) is 5.88. The lowest BCUT2D eigenvalue weighted by atomic mass is 10.1. The van der Waals surface area contributed by atoms with Crippen molar-refractivity contribution in [1.82, 2.24) is 10.2 Å². The molecule has 1 N–H and O–H groups in total. The van der Waals surface area contributed by atoms with Crippen LogP contribution in [0.25, 0.3) is 0 Å². The molecular formula is C17H26N2O3. The summed E-state index contributed by atoms with van der Waals surface area (Å²) in [5.74, 6) is 2.05. The summed E-state index contributed by atoms with van der Waals surface area (Å²) in [6, 6.07) is 5.76. The highest BCUT2D eigenvalue weighted by Crippen LogP contribution is 2.30. The van der Waals surface area contributed by atoms with Crippen LogP contribution < -0.4 is 14.8 Å². The first-order valence-corrected chi connectivity index (χ1v) is 7.97. The van der Waals surface area contributed by atoms with Crippen molar-refractivity contribution in [1.29, 1.82) is 0 Å². The molecular weight excluding hydrogens is 280 g/mol. The number of urea groups is 1. The second kappa shape index (κ2) is 7.92. The lowest BCUT2D eigenvalue weighted by molar-refractivity contribution is 0.201. The van der Waals surface area contributed by atoms with Gasteiger partial charge >= 0.3 is 6.03 Å². The highest BCUT2D eigenvalue weighted by molar-refractivity contribution is 5.73. The zero-order valence-electron chi connectivity index (χ0n) is 13.7. The number of hydrogen-bond acceptors (Lipinski definition) is 3. The Bertz CT molecular complexity index is 505. The minimum atomic E-state index is -0.0487. The predicted molar refractivity (Wildman–Crippen MR) is 86.4 cm³/mol. The summed E-state index contributed by atoms with van der Waals surface area (Å²) in [4.78, 5) is 13.8. The van der Waals surface area contributed by atoms with Gasteiger partial charge in [0.15, 0.2) is 11.5 Å². The number of nitrogens with zero attached hydrogens (tertiary/aromatic N) is 1. The lowest BCUT2D eigenvalue weighted by Crippen LogP contribution is -2.39. The molecule has 1 aromatic rings. The average molecular weight is 306 g/mol. The first-order valence-electron chi connectivity index (χ1n) is 7.97. The van der Waals surface area contributed by atoms with E-state index in [9.17, 15) is 4.79 Å². The molecule has 1 aliphatic heterocycles. The van der Waals surface area contributed by atoms with Crippen LogP contribution in [-0.2, 0) is 6.54 Å². The van der Waals surface area contributed by atoms with Crippen molar-refractivity contribution in [3.05, 3.63) is 23.8 Å². The Balaban J connectivity index is 1.88. The summed E-state index contributed by atoms with van der Waals surface area (Å²) in [5.41, 5.74) is 1.01. The van der Waals surface area contributed by atoms with Crippen LogP contribution in [0.4, 0.5) is 4.79 Å². The van der Waals surface area contributed by atoms with Gasteiger partial charge in [-0.15, -0.1) is 0 Å². The standard InChI is InChI=1S/C17H26N2O3/c1-4-13(2)12-19(3)17(20)18-11-14-6-7-15-16(10-14)22-9-5-8-21-15/h6-7,10,13H,4-5,8-9,11-12H2,1-3H3,(H,18,20). The van der Waals surface area contributed by atoms with E-state index in [-0.39, 0.29) is 6.03 Å². The molecule has 2 rings (SSSR count). The summed E-state index contributed by atoms with van der Waals surface area (Å²) < 4.78 is 11.3. The number of ether oxygens (including phenoxy) is 2. The Hall–Kier alpha value is -1.91. The number of nitrogens with one attached hydrogen (secondary N) is 1. The zero-order valence-corrected chi connectivity index (χ0v) is 13.7. The van der Waals surface area contributed by atoms with E-state index in [0.717, 1.165) is 36.4 Å². The number of carbonyl (C=O) groups is 1. The molecule has 0 fully saturated rings. The van der Waals surface area contributed by atoms with E-state index in [0.29, 0.717) is 25.7 Å². The van der Waals surface area contributed by atoms with E-state index >= 15 is 0 Å². The topological polar surface area (TPSA) is 50.8 Å². The van der Waals surface area contributed by atoms with E-state index in [2.05, 4.69) is 19.2 Å². The summed E-state index contributed by atoms with van der Waals surface area (Å²) in [6.07, 6.45) is 1.96. The van der Waals surface area contributed by atoms with E-state index in [1.54, 1.807) is 4.90 Å². The van der Waals surface area contributed by atoms with E-state index in [1.165, 1.54) is 0 Å². The predicted octanol–water partition coefficient (Wildman–Crippen LogP) is 3.04. The van der Waals surface area contributed by atoms with Gasteiger partial charge < -0.3 is 19.7 Å². The van der Waals surface area contributed by atoms with Crippen LogP contribution in [0, 0.1) is 5.92 Å². The molecule has 122 valence electrons. The summed E-state index contributed by atoms with van der Waals surface area (Å²) in [6.45, 7) is 6.88. The molecule has 5 heteroatoms. The molecule has 1 aromatic carbocycles. The lowest BCUT2D eigenvalue weighted by Gasteiger charge is -2.21. The quantitative estimate of drug-likeness (QED) is 0.909. The molecule has 0 spiro atoms. The summed E-state index contributed by atoms with van der Waals surface area (Å²) >= 11 is 0. The zero-order chi connectivity index (χ0) is 15.9. The smallest absolute Gasteiger partial charge is 0.317 e. The van der Waals surface area contributed by atoms with Gasteiger partial charge in [-0.1, -0.05) is 26.3 Å². The molecule has 0 bridgehead atoms. The fraction of sp³-hybridized carbons (Fsp3) is 0.588. The van der Waals surface area contributed by atoms with Crippen LogP contribution in [0.5, 0.6) is 11.5 Å². The Labute approximate surface area is 132 Å². The van der Waals surface area contributed by atoms with Crippen LogP contribution in [0.15, 0.2) is 18.2 Å². The third-order valence-electron chi connectivity index (χ3n) is 3.88. The van der Waals surface area contributed by atoms with Gasteiger partial charge in [0.05, 0.1) is 13.2 Å². The first kappa shape index (κ1) is 16.5. The van der Waals surface area contributed by atoms with Crippen molar-refractivity contribution in [2.45, 2.75) is 33.2 Å². The van der Waals surface area contributed by atoms with Crippen LogP contribution >= 0.6 is 0 Å². The van der Waals surface area contributed by atoms with Gasteiger partial charge in [-0.3, -0.25) is 0 Å². The van der Waals surface area contributed by atoms with Crippen molar-refractivity contribution < 1.29 is 14.3 Å². The fourth-order valence-electron chi connectivity index (χ4n) is 2.31. The third-order valence-corrected chi connectivity index (χ3v) is 3.88. The molecule has 0 radical (unpaired) electrons. The molecule has 0 saturated heterocycles. The summed E-state index contributed by atoms with van der Waals surface area (Å²) in [7, 11) is 1.83. The normalized spacial score (nSPS) is 14.9. The molecule has 22 heavy (non-hydrogen) atoms. The number of carbonyl (C=O) groups excluding carboxylic acids is 1. The average Bonchev–Trinajstić information content (AvgIpc) is 2.76. The van der Waals surface area contributed by atoms with Crippen molar-refractivity contribution in [3.8, 4) is 11.5 Å². The van der Waals surface area contributed by atoms with E-state index in [1.807, 2.05) is 25.2 Å². The number of benzene rings is 1. The maximum absolute atomic E-state index is 12.1.